The minimum atomic E-state index is 0.106. The highest BCUT2D eigenvalue weighted by Crippen LogP contribution is 2.23. The van der Waals surface area contributed by atoms with Crippen LogP contribution in [0.15, 0.2) is 57.6 Å². The quantitative estimate of drug-likeness (QED) is 0.725. The number of benzene rings is 1. The molecule has 0 aliphatic carbocycles. The van der Waals surface area contributed by atoms with E-state index in [0.717, 1.165) is 18.0 Å². The Morgan fingerprint density at radius 3 is 2.61 bits per heavy atom. The highest BCUT2D eigenvalue weighted by Gasteiger charge is 2.16. The van der Waals surface area contributed by atoms with Crippen LogP contribution in [0.1, 0.15) is 17.0 Å². The third-order valence-corrected chi connectivity index (χ3v) is 3.66. The Balaban J connectivity index is 1.75. The highest BCUT2D eigenvalue weighted by molar-refractivity contribution is 5.44. The SMILES string of the molecule is Cc1oc(-c2ccco2)nc1CN(CCO)Cc1ccccc1. The van der Waals surface area contributed by atoms with Gasteiger partial charge < -0.3 is 13.9 Å². The molecule has 0 atom stereocenters. The molecule has 0 aliphatic rings. The molecular weight excluding hydrogens is 292 g/mol. The zero-order valence-corrected chi connectivity index (χ0v) is 13.1. The first-order valence-electron chi connectivity index (χ1n) is 7.63. The van der Waals surface area contributed by atoms with Crippen molar-refractivity contribution in [3.63, 3.8) is 0 Å². The van der Waals surface area contributed by atoms with E-state index < -0.39 is 0 Å². The lowest BCUT2D eigenvalue weighted by Gasteiger charge is -2.20. The van der Waals surface area contributed by atoms with Crippen LogP contribution in [0, 0.1) is 6.92 Å². The van der Waals surface area contributed by atoms with E-state index in [1.54, 1.807) is 6.26 Å². The molecule has 0 radical (unpaired) electrons. The molecule has 2 heterocycles. The molecule has 0 unspecified atom stereocenters. The van der Waals surface area contributed by atoms with Crippen LogP contribution in [0.25, 0.3) is 11.7 Å². The number of nitrogens with zero attached hydrogens (tertiary/aromatic N) is 2. The van der Waals surface area contributed by atoms with E-state index in [-0.39, 0.29) is 6.61 Å². The standard InChI is InChI=1S/C18H20N2O3/c1-14-16(19-18(23-14)17-8-5-11-22-17)13-20(9-10-21)12-15-6-3-2-4-7-15/h2-8,11,21H,9-10,12-13H2,1H3. The molecule has 120 valence electrons. The third-order valence-electron chi connectivity index (χ3n) is 3.66. The number of aliphatic hydroxyl groups is 1. The number of furan rings is 1. The zero-order chi connectivity index (χ0) is 16.1. The minimum absolute atomic E-state index is 0.106. The molecule has 5 heteroatoms. The van der Waals surface area contributed by atoms with Crippen LogP contribution < -0.4 is 0 Å². The summed E-state index contributed by atoms with van der Waals surface area (Å²) in [5, 5.41) is 9.32. The van der Waals surface area contributed by atoms with E-state index in [0.29, 0.717) is 24.7 Å². The predicted octanol–water partition coefficient (Wildman–Crippen LogP) is 3.24. The van der Waals surface area contributed by atoms with Gasteiger partial charge in [0.2, 0.25) is 0 Å². The van der Waals surface area contributed by atoms with E-state index in [1.807, 2.05) is 37.3 Å². The molecule has 0 spiro atoms. The van der Waals surface area contributed by atoms with Crippen molar-refractivity contribution in [3.8, 4) is 11.7 Å². The molecule has 1 aromatic carbocycles. The lowest BCUT2D eigenvalue weighted by molar-refractivity contribution is 0.182. The summed E-state index contributed by atoms with van der Waals surface area (Å²) in [6.45, 7) is 3.95. The number of oxazole rings is 1. The van der Waals surface area contributed by atoms with Crippen molar-refractivity contribution in [1.29, 1.82) is 0 Å². The molecule has 1 N–H and O–H groups in total. The van der Waals surface area contributed by atoms with Gasteiger partial charge in [-0.1, -0.05) is 30.3 Å². The van der Waals surface area contributed by atoms with Gasteiger partial charge in [0.05, 0.1) is 18.6 Å². The number of hydrogen-bond acceptors (Lipinski definition) is 5. The van der Waals surface area contributed by atoms with Crippen molar-refractivity contribution in [1.82, 2.24) is 9.88 Å². The topological polar surface area (TPSA) is 62.6 Å². The summed E-state index contributed by atoms with van der Waals surface area (Å²) in [4.78, 5) is 6.68. The summed E-state index contributed by atoms with van der Waals surface area (Å²) in [5.74, 6) is 1.88. The fourth-order valence-corrected chi connectivity index (χ4v) is 2.49. The van der Waals surface area contributed by atoms with Crippen molar-refractivity contribution in [2.24, 2.45) is 0 Å². The van der Waals surface area contributed by atoms with E-state index in [2.05, 4.69) is 22.0 Å². The minimum Gasteiger partial charge on any atom is -0.459 e. The van der Waals surface area contributed by atoms with Gasteiger partial charge in [-0.3, -0.25) is 4.90 Å². The van der Waals surface area contributed by atoms with E-state index in [9.17, 15) is 5.11 Å². The summed E-state index contributed by atoms with van der Waals surface area (Å²) < 4.78 is 11.0. The van der Waals surface area contributed by atoms with Gasteiger partial charge >= 0.3 is 0 Å². The molecule has 0 bridgehead atoms. The summed E-state index contributed by atoms with van der Waals surface area (Å²) in [7, 11) is 0. The second-order valence-corrected chi connectivity index (χ2v) is 5.42. The number of aliphatic hydroxyl groups excluding tert-OH is 1. The van der Waals surface area contributed by atoms with Gasteiger partial charge in [0.25, 0.3) is 5.89 Å². The second-order valence-electron chi connectivity index (χ2n) is 5.42. The fourth-order valence-electron chi connectivity index (χ4n) is 2.49. The van der Waals surface area contributed by atoms with Gasteiger partial charge in [0.1, 0.15) is 5.76 Å². The van der Waals surface area contributed by atoms with Crippen molar-refractivity contribution < 1.29 is 13.9 Å². The van der Waals surface area contributed by atoms with Crippen LogP contribution in [0.2, 0.25) is 0 Å². The summed E-state index contributed by atoms with van der Waals surface area (Å²) in [5.41, 5.74) is 2.06. The molecule has 0 saturated heterocycles. The predicted molar refractivity (Wildman–Crippen MR) is 86.6 cm³/mol. The second kappa shape index (κ2) is 7.26. The Kier molecular flexibility index (Phi) is 4.90. The number of aromatic nitrogens is 1. The maximum atomic E-state index is 9.32. The molecule has 0 amide bonds. The molecular formula is C18H20N2O3. The monoisotopic (exact) mass is 312 g/mol. The Hall–Kier alpha value is -2.37. The zero-order valence-electron chi connectivity index (χ0n) is 13.1. The van der Waals surface area contributed by atoms with Crippen molar-refractivity contribution in [2.75, 3.05) is 13.2 Å². The largest absolute Gasteiger partial charge is 0.459 e. The molecule has 0 fully saturated rings. The molecule has 2 aromatic heterocycles. The molecule has 0 saturated carbocycles. The van der Waals surface area contributed by atoms with E-state index >= 15 is 0 Å². The highest BCUT2D eigenvalue weighted by atomic mass is 16.4. The first-order chi connectivity index (χ1) is 11.3. The number of hydrogen-bond donors (Lipinski definition) is 1. The van der Waals surface area contributed by atoms with Gasteiger partial charge in [-0.2, -0.15) is 0 Å². The first-order valence-corrected chi connectivity index (χ1v) is 7.63. The van der Waals surface area contributed by atoms with Crippen LogP contribution in [0.5, 0.6) is 0 Å². The molecule has 5 nitrogen and oxygen atoms in total. The first kappa shape index (κ1) is 15.5. The Morgan fingerprint density at radius 1 is 1.09 bits per heavy atom. The van der Waals surface area contributed by atoms with E-state index in [1.165, 1.54) is 5.56 Å². The summed E-state index contributed by atoms with van der Waals surface area (Å²) >= 11 is 0. The van der Waals surface area contributed by atoms with Crippen molar-refractivity contribution in [3.05, 3.63) is 65.7 Å². The number of aryl methyl sites for hydroxylation is 1. The van der Waals surface area contributed by atoms with Crippen molar-refractivity contribution in [2.45, 2.75) is 20.0 Å². The van der Waals surface area contributed by atoms with Crippen LogP contribution >= 0.6 is 0 Å². The van der Waals surface area contributed by atoms with Gasteiger partial charge in [-0.05, 0) is 24.6 Å². The van der Waals surface area contributed by atoms with Crippen LogP contribution in [0.3, 0.4) is 0 Å². The summed E-state index contributed by atoms with van der Waals surface area (Å²) in [6.07, 6.45) is 1.60. The molecule has 3 aromatic rings. The average Bonchev–Trinajstić information content (AvgIpc) is 3.19. The average molecular weight is 312 g/mol. The van der Waals surface area contributed by atoms with Crippen LogP contribution in [0.4, 0.5) is 0 Å². The third kappa shape index (κ3) is 3.88. The Morgan fingerprint density at radius 2 is 1.91 bits per heavy atom. The molecule has 0 aliphatic heterocycles. The van der Waals surface area contributed by atoms with Crippen LogP contribution in [-0.2, 0) is 13.1 Å². The normalized spacial score (nSPS) is 11.3. The molecule has 23 heavy (non-hydrogen) atoms. The Labute approximate surface area is 135 Å². The lowest BCUT2D eigenvalue weighted by atomic mass is 10.2. The number of rotatable bonds is 7. The lowest BCUT2D eigenvalue weighted by Crippen LogP contribution is -2.26. The Bertz CT molecular complexity index is 720. The smallest absolute Gasteiger partial charge is 0.263 e. The maximum Gasteiger partial charge on any atom is 0.263 e. The van der Waals surface area contributed by atoms with E-state index in [4.69, 9.17) is 8.83 Å². The maximum absolute atomic E-state index is 9.32. The van der Waals surface area contributed by atoms with Gasteiger partial charge in [-0.15, -0.1) is 0 Å². The molecule has 3 rings (SSSR count). The van der Waals surface area contributed by atoms with Gasteiger partial charge in [0, 0.05) is 19.6 Å². The summed E-state index contributed by atoms with van der Waals surface area (Å²) in [6, 6.07) is 13.8. The fraction of sp³-hybridized carbons (Fsp3) is 0.278. The van der Waals surface area contributed by atoms with Crippen LogP contribution in [-0.4, -0.2) is 28.1 Å². The van der Waals surface area contributed by atoms with Gasteiger partial charge in [-0.25, -0.2) is 4.98 Å². The van der Waals surface area contributed by atoms with Gasteiger partial charge in [0.15, 0.2) is 5.76 Å². The van der Waals surface area contributed by atoms with Crippen molar-refractivity contribution >= 4 is 0 Å².